The van der Waals surface area contributed by atoms with Gasteiger partial charge in [-0.05, 0) is 50.5 Å². The van der Waals surface area contributed by atoms with Crippen LogP contribution in [0.1, 0.15) is 44.2 Å². The van der Waals surface area contributed by atoms with E-state index in [2.05, 4.69) is 18.5 Å². The number of benzene rings is 1. The molecular weight excluding hydrogens is 333 g/mol. The average Bonchev–Trinajstić information content (AvgIpc) is 2.45. The minimum absolute atomic E-state index is 0.188. The first-order chi connectivity index (χ1) is 9.52. The van der Waals surface area contributed by atoms with Crippen LogP contribution < -0.4 is 5.32 Å². The maximum Gasteiger partial charge on any atom is 0.0781 e. The minimum Gasteiger partial charge on any atom is -0.307 e. The van der Waals surface area contributed by atoms with E-state index in [1.54, 1.807) is 0 Å². The van der Waals surface area contributed by atoms with Crippen LogP contribution in [-0.2, 0) is 0 Å². The Morgan fingerprint density at radius 2 is 1.75 bits per heavy atom. The molecule has 1 aliphatic carbocycles. The molecule has 5 heteroatoms. The molecule has 0 spiro atoms. The van der Waals surface area contributed by atoms with Gasteiger partial charge >= 0.3 is 0 Å². The highest BCUT2D eigenvalue weighted by Crippen LogP contribution is 2.36. The SMILES string of the molecule is CSC1CCC(NC(C)c2ccc(Cl)c(Cl)c2Cl)CC1. The fourth-order valence-electron chi connectivity index (χ4n) is 2.78. The highest BCUT2D eigenvalue weighted by Gasteiger charge is 2.23. The summed E-state index contributed by atoms with van der Waals surface area (Å²) in [7, 11) is 0. The van der Waals surface area contributed by atoms with Gasteiger partial charge in [0.15, 0.2) is 0 Å². The fourth-order valence-corrected chi connectivity index (χ4v) is 4.23. The summed E-state index contributed by atoms with van der Waals surface area (Å²) in [5.41, 5.74) is 1.02. The van der Waals surface area contributed by atoms with E-state index in [4.69, 9.17) is 34.8 Å². The fraction of sp³-hybridized carbons (Fsp3) is 0.600. The Morgan fingerprint density at radius 3 is 2.35 bits per heavy atom. The van der Waals surface area contributed by atoms with Crippen molar-refractivity contribution in [2.24, 2.45) is 0 Å². The predicted molar refractivity (Wildman–Crippen MR) is 92.6 cm³/mol. The summed E-state index contributed by atoms with van der Waals surface area (Å²) >= 11 is 20.4. The van der Waals surface area contributed by atoms with Crippen molar-refractivity contribution in [1.29, 1.82) is 0 Å². The second-order valence-corrected chi connectivity index (χ2v) is 7.66. The van der Waals surface area contributed by atoms with Crippen LogP contribution in [0.4, 0.5) is 0 Å². The Hall–Kier alpha value is 0.400. The summed E-state index contributed by atoms with van der Waals surface area (Å²) < 4.78 is 0. The van der Waals surface area contributed by atoms with E-state index in [-0.39, 0.29) is 6.04 Å². The Bertz CT molecular complexity index is 459. The molecule has 0 heterocycles. The van der Waals surface area contributed by atoms with E-state index >= 15 is 0 Å². The summed E-state index contributed by atoms with van der Waals surface area (Å²) in [5.74, 6) is 0. The van der Waals surface area contributed by atoms with Crippen LogP contribution in [0.5, 0.6) is 0 Å². The zero-order valence-corrected chi connectivity index (χ0v) is 14.8. The first-order valence-corrected chi connectivity index (χ1v) is 9.37. The first-order valence-electron chi connectivity index (χ1n) is 6.95. The largest absolute Gasteiger partial charge is 0.307 e. The van der Waals surface area contributed by atoms with Crippen LogP contribution in [-0.4, -0.2) is 17.5 Å². The van der Waals surface area contributed by atoms with Crippen LogP contribution in [0.15, 0.2) is 12.1 Å². The molecule has 1 unspecified atom stereocenters. The summed E-state index contributed by atoms with van der Waals surface area (Å²) in [6.45, 7) is 2.13. The quantitative estimate of drug-likeness (QED) is 0.670. The second-order valence-electron chi connectivity index (χ2n) is 5.36. The second kappa shape index (κ2) is 7.60. The highest BCUT2D eigenvalue weighted by molar-refractivity contribution is 7.99. The monoisotopic (exact) mass is 351 g/mol. The van der Waals surface area contributed by atoms with Crippen LogP contribution >= 0.6 is 46.6 Å². The maximum atomic E-state index is 6.30. The maximum absolute atomic E-state index is 6.30. The summed E-state index contributed by atoms with van der Waals surface area (Å²) in [5, 5.41) is 6.03. The number of thioether (sulfide) groups is 1. The molecule has 20 heavy (non-hydrogen) atoms. The lowest BCUT2D eigenvalue weighted by Crippen LogP contribution is -2.35. The molecule has 1 atom stereocenters. The van der Waals surface area contributed by atoms with Gasteiger partial charge in [0.25, 0.3) is 0 Å². The Kier molecular flexibility index (Phi) is 6.37. The van der Waals surface area contributed by atoms with Crippen molar-refractivity contribution < 1.29 is 0 Å². The molecule has 0 saturated heterocycles. The number of halogens is 3. The first kappa shape index (κ1) is 16.8. The van der Waals surface area contributed by atoms with E-state index < -0.39 is 0 Å². The molecule has 0 aliphatic heterocycles. The molecule has 0 bridgehead atoms. The predicted octanol–water partition coefficient (Wildman–Crippen LogP) is 5.97. The molecule has 0 aromatic heterocycles. The molecule has 1 N–H and O–H groups in total. The molecule has 0 radical (unpaired) electrons. The molecule has 112 valence electrons. The highest BCUT2D eigenvalue weighted by atomic mass is 35.5. The van der Waals surface area contributed by atoms with Crippen LogP contribution in [0.2, 0.25) is 15.1 Å². The molecule has 1 aliphatic rings. The minimum atomic E-state index is 0.188. The van der Waals surface area contributed by atoms with Crippen molar-refractivity contribution in [2.75, 3.05) is 6.26 Å². The third-order valence-corrected chi connectivity index (χ3v) is 6.47. The van der Waals surface area contributed by atoms with Crippen molar-refractivity contribution in [3.05, 3.63) is 32.8 Å². The van der Waals surface area contributed by atoms with Gasteiger partial charge in [0.05, 0.1) is 15.1 Å². The lowest BCUT2D eigenvalue weighted by Gasteiger charge is -2.31. The lowest BCUT2D eigenvalue weighted by molar-refractivity contribution is 0.352. The Labute approximate surface area is 140 Å². The summed E-state index contributed by atoms with van der Waals surface area (Å²) in [4.78, 5) is 0. The standard InChI is InChI=1S/C15H20Cl3NS/c1-9(12-7-8-13(16)15(18)14(12)17)19-10-3-5-11(20-2)6-4-10/h7-11,19H,3-6H2,1-2H3. The van der Waals surface area contributed by atoms with Gasteiger partial charge in [0.2, 0.25) is 0 Å². The van der Waals surface area contributed by atoms with Crippen LogP contribution in [0.3, 0.4) is 0 Å². The molecule has 1 nitrogen and oxygen atoms in total. The van der Waals surface area contributed by atoms with Gasteiger partial charge in [-0.25, -0.2) is 0 Å². The van der Waals surface area contributed by atoms with E-state index in [0.29, 0.717) is 21.1 Å². The molecule has 0 amide bonds. The number of hydrogen-bond acceptors (Lipinski definition) is 2. The van der Waals surface area contributed by atoms with Gasteiger partial charge in [0.1, 0.15) is 0 Å². The van der Waals surface area contributed by atoms with Crippen LogP contribution in [0.25, 0.3) is 0 Å². The molecular formula is C15H20Cl3NS. The third kappa shape index (κ3) is 3.98. The van der Waals surface area contributed by atoms with E-state index in [1.165, 1.54) is 25.7 Å². The van der Waals surface area contributed by atoms with Crippen molar-refractivity contribution in [1.82, 2.24) is 5.32 Å². The number of rotatable bonds is 4. The normalized spacial score (nSPS) is 24.6. The van der Waals surface area contributed by atoms with E-state index in [0.717, 1.165) is 10.8 Å². The van der Waals surface area contributed by atoms with Gasteiger partial charge in [-0.3, -0.25) is 0 Å². The van der Waals surface area contributed by atoms with Gasteiger partial charge in [-0.2, -0.15) is 11.8 Å². The molecule has 1 fully saturated rings. The van der Waals surface area contributed by atoms with Crippen LogP contribution in [0, 0.1) is 0 Å². The smallest absolute Gasteiger partial charge is 0.0781 e. The number of nitrogens with one attached hydrogen (secondary N) is 1. The van der Waals surface area contributed by atoms with Crippen molar-refractivity contribution in [3.8, 4) is 0 Å². The summed E-state index contributed by atoms with van der Waals surface area (Å²) in [6, 6.07) is 4.53. The van der Waals surface area contributed by atoms with Gasteiger partial charge in [-0.15, -0.1) is 0 Å². The van der Waals surface area contributed by atoms with E-state index in [1.807, 2.05) is 23.9 Å². The Balaban J connectivity index is 1.99. The van der Waals surface area contributed by atoms with Crippen molar-refractivity contribution in [3.63, 3.8) is 0 Å². The molecule has 1 aromatic rings. The van der Waals surface area contributed by atoms with Crippen molar-refractivity contribution in [2.45, 2.75) is 49.9 Å². The van der Waals surface area contributed by atoms with Crippen molar-refractivity contribution >= 4 is 46.6 Å². The molecule has 1 aromatic carbocycles. The zero-order valence-electron chi connectivity index (χ0n) is 11.8. The molecule has 2 rings (SSSR count). The summed E-state index contributed by atoms with van der Waals surface area (Å²) in [6.07, 6.45) is 7.25. The van der Waals surface area contributed by atoms with Gasteiger partial charge in [-0.1, -0.05) is 40.9 Å². The average molecular weight is 353 g/mol. The topological polar surface area (TPSA) is 12.0 Å². The third-order valence-electron chi connectivity index (χ3n) is 4.02. The lowest BCUT2D eigenvalue weighted by atomic mass is 9.93. The molecule has 1 saturated carbocycles. The van der Waals surface area contributed by atoms with E-state index in [9.17, 15) is 0 Å². The van der Waals surface area contributed by atoms with Gasteiger partial charge < -0.3 is 5.32 Å². The Morgan fingerprint density at radius 1 is 1.10 bits per heavy atom. The van der Waals surface area contributed by atoms with Gasteiger partial charge in [0, 0.05) is 17.3 Å². The zero-order chi connectivity index (χ0) is 14.7. The number of hydrogen-bond donors (Lipinski definition) is 1.